The van der Waals surface area contributed by atoms with Crippen LogP contribution in [0.5, 0.6) is 5.88 Å². The van der Waals surface area contributed by atoms with E-state index in [4.69, 9.17) is 16.3 Å². The number of aromatic carboxylic acids is 1. The molecular formula is C22H18ClF2N3O3S. The van der Waals surface area contributed by atoms with Gasteiger partial charge < -0.3 is 9.84 Å². The number of fused-ring (bicyclic) bond motifs is 1. The van der Waals surface area contributed by atoms with E-state index in [-0.39, 0.29) is 21.3 Å². The molecule has 0 spiro atoms. The molecule has 0 saturated carbocycles. The van der Waals surface area contributed by atoms with Crippen LogP contribution in [0.15, 0.2) is 52.5 Å². The minimum Gasteiger partial charge on any atom is -0.481 e. The number of halogens is 3. The van der Waals surface area contributed by atoms with Crippen molar-refractivity contribution in [1.29, 1.82) is 0 Å². The number of hydrogen-bond acceptors (Lipinski definition) is 4. The fraction of sp³-hybridized carbons (Fsp3) is 0.182. The molecule has 1 N–H and O–H groups in total. The minimum atomic E-state index is -1.37. The summed E-state index contributed by atoms with van der Waals surface area (Å²) in [6, 6.07) is 7.13. The molecule has 4 rings (SSSR count). The Morgan fingerprint density at radius 2 is 2.03 bits per heavy atom. The van der Waals surface area contributed by atoms with Crippen LogP contribution in [-0.4, -0.2) is 32.5 Å². The number of hydrogen-bond donors (Lipinski definition) is 1. The molecule has 0 saturated heterocycles. The maximum atomic E-state index is 15.2. The molecule has 2 heterocycles. The highest BCUT2D eigenvalue weighted by Gasteiger charge is 2.26. The molecule has 32 heavy (non-hydrogen) atoms. The minimum absolute atomic E-state index is 0.0688. The van der Waals surface area contributed by atoms with Crippen molar-refractivity contribution in [3.05, 3.63) is 64.9 Å². The molecule has 0 unspecified atom stereocenters. The van der Waals surface area contributed by atoms with Crippen LogP contribution in [0.1, 0.15) is 23.7 Å². The van der Waals surface area contributed by atoms with E-state index < -0.39 is 23.2 Å². The first-order valence-electron chi connectivity index (χ1n) is 9.66. The summed E-state index contributed by atoms with van der Waals surface area (Å²) in [4.78, 5) is 11.8. The summed E-state index contributed by atoms with van der Waals surface area (Å²) in [7, 11) is 1.43. The first kappa shape index (κ1) is 22.2. The van der Waals surface area contributed by atoms with Gasteiger partial charge in [0.2, 0.25) is 5.88 Å². The fourth-order valence-corrected chi connectivity index (χ4v) is 4.73. The van der Waals surface area contributed by atoms with Gasteiger partial charge in [-0.15, -0.1) is 0 Å². The number of aryl methyl sites for hydroxylation is 1. The Labute approximate surface area is 191 Å². The number of nitrogens with zero attached hydrogens (tertiary/aromatic N) is 3. The molecule has 0 aliphatic heterocycles. The molecule has 6 nitrogen and oxygen atoms in total. The topological polar surface area (TPSA) is 69.3 Å². The Morgan fingerprint density at radius 1 is 1.25 bits per heavy atom. The van der Waals surface area contributed by atoms with Crippen molar-refractivity contribution in [2.24, 2.45) is 0 Å². The van der Waals surface area contributed by atoms with Gasteiger partial charge in [-0.25, -0.2) is 13.6 Å². The summed E-state index contributed by atoms with van der Waals surface area (Å²) in [6.45, 7) is 2.69. The Kier molecular flexibility index (Phi) is 6.12. The van der Waals surface area contributed by atoms with Crippen LogP contribution >= 0.6 is 23.4 Å². The van der Waals surface area contributed by atoms with E-state index in [0.717, 1.165) is 18.2 Å². The quantitative estimate of drug-likeness (QED) is 0.352. The standard InChI is InChI=1S/C22H18ClF2N3O3S/c1-3-9-27-11-12(10-26-27)28-19-14(7-8-15(23)18(19)25)20(21(28)31-2)32-16-6-4-5-13(17(16)24)22(29)30/h4-8,10-11H,3,9H2,1-2H3,(H,29,30). The number of benzene rings is 2. The van der Waals surface area contributed by atoms with Crippen molar-refractivity contribution in [2.75, 3.05) is 7.11 Å². The predicted molar refractivity (Wildman–Crippen MR) is 118 cm³/mol. The smallest absolute Gasteiger partial charge is 0.338 e. The highest BCUT2D eigenvalue weighted by atomic mass is 35.5. The zero-order chi connectivity index (χ0) is 23.0. The van der Waals surface area contributed by atoms with Gasteiger partial charge in [0.1, 0.15) is 0 Å². The van der Waals surface area contributed by atoms with Crippen molar-refractivity contribution >= 4 is 40.2 Å². The highest BCUT2D eigenvalue weighted by Crippen LogP contribution is 2.46. The summed E-state index contributed by atoms with van der Waals surface area (Å²) < 4.78 is 39.0. The Bertz CT molecular complexity index is 1340. The fourth-order valence-electron chi connectivity index (χ4n) is 3.47. The first-order valence-corrected chi connectivity index (χ1v) is 10.9. The Balaban J connectivity index is 1.97. The molecule has 0 aliphatic carbocycles. The highest BCUT2D eigenvalue weighted by molar-refractivity contribution is 7.99. The number of methoxy groups -OCH3 is 1. The van der Waals surface area contributed by atoms with E-state index in [1.54, 1.807) is 23.1 Å². The lowest BCUT2D eigenvalue weighted by Crippen LogP contribution is -2.01. The van der Waals surface area contributed by atoms with E-state index in [2.05, 4.69) is 5.10 Å². The molecule has 0 aliphatic rings. The lowest BCUT2D eigenvalue weighted by Gasteiger charge is -2.10. The lowest BCUT2D eigenvalue weighted by atomic mass is 10.2. The van der Waals surface area contributed by atoms with Crippen LogP contribution in [-0.2, 0) is 6.54 Å². The zero-order valence-corrected chi connectivity index (χ0v) is 18.7. The third-order valence-electron chi connectivity index (χ3n) is 4.86. The molecule has 0 fully saturated rings. The van der Waals surface area contributed by atoms with E-state index in [1.165, 1.54) is 35.9 Å². The number of carboxylic acids is 1. The van der Waals surface area contributed by atoms with Crippen LogP contribution in [0, 0.1) is 11.6 Å². The van der Waals surface area contributed by atoms with Gasteiger partial charge in [0, 0.05) is 23.0 Å². The molecule has 2 aromatic carbocycles. The van der Waals surface area contributed by atoms with Crippen molar-refractivity contribution in [1.82, 2.24) is 14.3 Å². The van der Waals surface area contributed by atoms with Crippen LogP contribution in [0.25, 0.3) is 16.6 Å². The summed E-state index contributed by atoms with van der Waals surface area (Å²) >= 11 is 7.02. The predicted octanol–water partition coefficient (Wildman–Crippen LogP) is 6.03. The van der Waals surface area contributed by atoms with Gasteiger partial charge in [-0.3, -0.25) is 9.25 Å². The normalized spacial score (nSPS) is 11.3. The van der Waals surface area contributed by atoms with E-state index >= 15 is 4.39 Å². The molecule has 0 radical (unpaired) electrons. The second-order valence-corrected chi connectivity index (χ2v) is 8.38. The van der Waals surface area contributed by atoms with E-state index in [0.29, 0.717) is 22.5 Å². The van der Waals surface area contributed by atoms with Crippen molar-refractivity contribution in [3.8, 4) is 11.6 Å². The van der Waals surface area contributed by atoms with Gasteiger partial charge in [-0.1, -0.05) is 36.4 Å². The number of rotatable bonds is 7. The van der Waals surface area contributed by atoms with Crippen LogP contribution in [0.2, 0.25) is 5.02 Å². The van der Waals surface area contributed by atoms with Gasteiger partial charge >= 0.3 is 5.97 Å². The lowest BCUT2D eigenvalue weighted by molar-refractivity contribution is 0.0691. The summed E-state index contributed by atoms with van der Waals surface area (Å²) in [5.74, 6) is -2.65. The molecule has 10 heteroatoms. The maximum absolute atomic E-state index is 15.2. The third-order valence-corrected chi connectivity index (χ3v) is 6.29. The molecule has 4 aromatic rings. The molecule has 166 valence electrons. The zero-order valence-electron chi connectivity index (χ0n) is 17.1. The molecular weight excluding hydrogens is 460 g/mol. The van der Waals surface area contributed by atoms with Crippen LogP contribution < -0.4 is 4.74 Å². The van der Waals surface area contributed by atoms with E-state index in [1.807, 2.05) is 6.92 Å². The van der Waals surface area contributed by atoms with Crippen molar-refractivity contribution in [2.45, 2.75) is 29.7 Å². The van der Waals surface area contributed by atoms with Gasteiger partial charge in [-0.2, -0.15) is 5.10 Å². The van der Waals surface area contributed by atoms with Crippen LogP contribution in [0.3, 0.4) is 0 Å². The van der Waals surface area contributed by atoms with Crippen LogP contribution in [0.4, 0.5) is 8.78 Å². The number of aromatic nitrogens is 3. The largest absolute Gasteiger partial charge is 0.481 e. The Hall–Kier alpha value is -3.04. The molecule has 0 atom stereocenters. The van der Waals surface area contributed by atoms with Gasteiger partial charge in [-0.05, 0) is 30.7 Å². The number of carboxylic acid groups (broad SMARTS) is 1. The first-order chi connectivity index (χ1) is 15.4. The second kappa shape index (κ2) is 8.84. The second-order valence-electron chi connectivity index (χ2n) is 6.92. The SMILES string of the molecule is CCCn1cc(-n2c(OC)c(Sc3cccc(C(=O)O)c3F)c3ccc(Cl)c(F)c32)cn1. The van der Waals surface area contributed by atoms with Gasteiger partial charge in [0.25, 0.3) is 0 Å². The maximum Gasteiger partial charge on any atom is 0.338 e. The number of carbonyl (C=O) groups is 1. The van der Waals surface area contributed by atoms with E-state index in [9.17, 15) is 14.3 Å². The average Bonchev–Trinajstić information content (AvgIpc) is 3.34. The van der Waals surface area contributed by atoms with Gasteiger partial charge in [0.05, 0.1) is 40.0 Å². The monoisotopic (exact) mass is 477 g/mol. The number of ether oxygens (including phenoxy) is 1. The van der Waals surface area contributed by atoms with Crippen molar-refractivity contribution < 1.29 is 23.4 Å². The summed E-state index contributed by atoms with van der Waals surface area (Å²) in [5.41, 5.74) is 0.253. The molecule has 0 bridgehead atoms. The summed E-state index contributed by atoms with van der Waals surface area (Å²) in [5, 5.41) is 13.9. The molecule has 0 amide bonds. The molecule has 2 aromatic heterocycles. The van der Waals surface area contributed by atoms with Crippen molar-refractivity contribution in [3.63, 3.8) is 0 Å². The Morgan fingerprint density at radius 3 is 2.72 bits per heavy atom. The average molecular weight is 478 g/mol. The van der Waals surface area contributed by atoms with Gasteiger partial charge in [0.15, 0.2) is 11.6 Å². The third kappa shape index (κ3) is 3.71. The summed E-state index contributed by atoms with van der Waals surface area (Å²) in [6.07, 6.45) is 4.20.